The highest BCUT2D eigenvalue weighted by atomic mass is 16.2. The molecule has 3 rings (SSSR count). The molecule has 1 fully saturated rings. The molecule has 0 bridgehead atoms. The third kappa shape index (κ3) is 3.13. The number of rotatable bonds is 5. The van der Waals surface area contributed by atoms with E-state index in [9.17, 15) is 9.59 Å². The second kappa shape index (κ2) is 6.97. The number of nitrogens with zero attached hydrogens (tertiary/aromatic N) is 3. The Balaban J connectivity index is 1.83. The summed E-state index contributed by atoms with van der Waals surface area (Å²) in [6.45, 7) is 0.550. The van der Waals surface area contributed by atoms with Crippen molar-refractivity contribution in [1.29, 1.82) is 5.26 Å². The van der Waals surface area contributed by atoms with Crippen molar-refractivity contribution in [2.75, 3.05) is 0 Å². The molecule has 0 spiro atoms. The van der Waals surface area contributed by atoms with E-state index in [1.54, 1.807) is 0 Å². The monoisotopic (exact) mass is 319 g/mol. The quantitative estimate of drug-likeness (QED) is 0.796. The Morgan fingerprint density at radius 3 is 1.96 bits per heavy atom. The van der Waals surface area contributed by atoms with Crippen LogP contribution in [0.4, 0.5) is 4.79 Å². The van der Waals surface area contributed by atoms with Crippen molar-refractivity contribution in [3.05, 3.63) is 71.8 Å². The van der Waals surface area contributed by atoms with Gasteiger partial charge in [0.05, 0.1) is 19.0 Å². The Morgan fingerprint density at radius 2 is 1.42 bits per heavy atom. The SMILES string of the molecule is N#CCC1C(=O)N(Cc2ccccc2)C(=O)N1Cc1ccccc1. The molecule has 0 saturated carbocycles. The molecule has 2 aromatic carbocycles. The average Bonchev–Trinajstić information content (AvgIpc) is 2.82. The Labute approximate surface area is 140 Å². The minimum Gasteiger partial charge on any atom is -0.307 e. The van der Waals surface area contributed by atoms with Gasteiger partial charge < -0.3 is 4.90 Å². The van der Waals surface area contributed by atoms with Crippen LogP contribution in [0.2, 0.25) is 0 Å². The molecule has 1 atom stereocenters. The fourth-order valence-electron chi connectivity index (χ4n) is 2.85. The maximum Gasteiger partial charge on any atom is 0.328 e. The van der Waals surface area contributed by atoms with E-state index in [2.05, 4.69) is 0 Å². The summed E-state index contributed by atoms with van der Waals surface area (Å²) in [4.78, 5) is 28.1. The number of nitriles is 1. The lowest BCUT2D eigenvalue weighted by molar-refractivity contribution is -0.128. The highest BCUT2D eigenvalue weighted by Gasteiger charge is 2.44. The molecule has 0 radical (unpaired) electrons. The van der Waals surface area contributed by atoms with Crippen LogP contribution in [0.15, 0.2) is 60.7 Å². The lowest BCUT2D eigenvalue weighted by Crippen LogP contribution is -2.34. The normalized spacial score (nSPS) is 17.2. The van der Waals surface area contributed by atoms with Crippen molar-refractivity contribution in [1.82, 2.24) is 9.80 Å². The zero-order valence-electron chi connectivity index (χ0n) is 13.1. The predicted octanol–water partition coefficient (Wildman–Crippen LogP) is 2.93. The number of benzene rings is 2. The summed E-state index contributed by atoms with van der Waals surface area (Å²) in [5.74, 6) is -0.304. The standard InChI is InChI=1S/C19H17N3O2/c20-12-11-17-18(23)22(14-16-9-5-2-6-10-16)19(24)21(17)13-15-7-3-1-4-8-15/h1-10,17H,11,13-14H2. The van der Waals surface area contributed by atoms with Gasteiger partial charge >= 0.3 is 6.03 Å². The maximum absolute atomic E-state index is 12.7. The first-order valence-electron chi connectivity index (χ1n) is 7.77. The minimum atomic E-state index is -0.716. The third-order valence-electron chi connectivity index (χ3n) is 4.07. The van der Waals surface area contributed by atoms with Crippen molar-refractivity contribution in [2.45, 2.75) is 25.6 Å². The van der Waals surface area contributed by atoms with Crippen LogP contribution in [-0.2, 0) is 17.9 Å². The summed E-state index contributed by atoms with van der Waals surface area (Å²) < 4.78 is 0. The Hall–Kier alpha value is -3.13. The average molecular weight is 319 g/mol. The van der Waals surface area contributed by atoms with Crippen LogP contribution in [0, 0.1) is 11.3 Å². The van der Waals surface area contributed by atoms with Crippen LogP contribution in [0.5, 0.6) is 0 Å². The first kappa shape index (κ1) is 15.8. The molecule has 1 aliphatic heterocycles. The summed E-state index contributed by atoms with van der Waals surface area (Å²) in [7, 11) is 0. The van der Waals surface area contributed by atoms with Gasteiger partial charge in [-0.05, 0) is 11.1 Å². The van der Waals surface area contributed by atoms with Gasteiger partial charge in [0.2, 0.25) is 0 Å². The second-order valence-electron chi connectivity index (χ2n) is 5.68. The van der Waals surface area contributed by atoms with Crippen molar-refractivity contribution in [3.8, 4) is 6.07 Å². The number of amides is 3. The van der Waals surface area contributed by atoms with Crippen LogP contribution in [0.3, 0.4) is 0 Å². The molecule has 3 amide bonds. The smallest absolute Gasteiger partial charge is 0.307 e. The lowest BCUT2D eigenvalue weighted by atomic mass is 10.1. The van der Waals surface area contributed by atoms with E-state index in [0.717, 1.165) is 11.1 Å². The number of urea groups is 1. The van der Waals surface area contributed by atoms with E-state index in [1.807, 2.05) is 66.7 Å². The van der Waals surface area contributed by atoms with E-state index in [4.69, 9.17) is 5.26 Å². The Kier molecular flexibility index (Phi) is 4.57. The summed E-state index contributed by atoms with van der Waals surface area (Å²) in [6, 6.07) is 19.8. The molecule has 24 heavy (non-hydrogen) atoms. The predicted molar refractivity (Wildman–Crippen MR) is 88.4 cm³/mol. The molecular formula is C19H17N3O2. The molecule has 0 aliphatic carbocycles. The minimum absolute atomic E-state index is 0.00268. The first-order chi connectivity index (χ1) is 11.7. The van der Waals surface area contributed by atoms with Gasteiger partial charge in [0, 0.05) is 6.54 Å². The molecule has 5 nitrogen and oxygen atoms in total. The van der Waals surface area contributed by atoms with Crippen LogP contribution in [-0.4, -0.2) is 27.8 Å². The Bertz CT molecular complexity index is 768. The van der Waals surface area contributed by atoms with Gasteiger partial charge in [0.15, 0.2) is 0 Å². The van der Waals surface area contributed by atoms with E-state index < -0.39 is 6.04 Å². The van der Waals surface area contributed by atoms with Gasteiger partial charge in [0.25, 0.3) is 5.91 Å². The zero-order chi connectivity index (χ0) is 16.9. The highest BCUT2D eigenvalue weighted by Crippen LogP contribution is 2.24. The van der Waals surface area contributed by atoms with Crippen molar-refractivity contribution in [2.24, 2.45) is 0 Å². The van der Waals surface area contributed by atoms with Crippen LogP contribution in [0.25, 0.3) is 0 Å². The van der Waals surface area contributed by atoms with E-state index in [1.165, 1.54) is 9.80 Å². The summed E-state index contributed by atoms with van der Waals surface area (Å²) in [5.41, 5.74) is 1.82. The molecular weight excluding hydrogens is 302 g/mol. The van der Waals surface area contributed by atoms with Gasteiger partial charge in [0.1, 0.15) is 6.04 Å². The third-order valence-corrected chi connectivity index (χ3v) is 4.07. The second-order valence-corrected chi connectivity index (χ2v) is 5.68. The van der Waals surface area contributed by atoms with Crippen LogP contribution in [0.1, 0.15) is 17.5 Å². The van der Waals surface area contributed by atoms with Gasteiger partial charge in [-0.15, -0.1) is 0 Å². The van der Waals surface area contributed by atoms with Gasteiger partial charge in [-0.25, -0.2) is 4.79 Å². The molecule has 1 aliphatic rings. The molecule has 120 valence electrons. The molecule has 2 aromatic rings. The van der Waals surface area contributed by atoms with E-state index >= 15 is 0 Å². The number of carbonyl (C=O) groups excluding carboxylic acids is 2. The first-order valence-corrected chi connectivity index (χ1v) is 7.77. The number of hydrogen-bond donors (Lipinski definition) is 0. The molecule has 1 heterocycles. The van der Waals surface area contributed by atoms with Crippen LogP contribution >= 0.6 is 0 Å². The van der Waals surface area contributed by atoms with Gasteiger partial charge in [-0.2, -0.15) is 5.26 Å². The van der Waals surface area contributed by atoms with Crippen LogP contribution < -0.4 is 0 Å². The summed E-state index contributed by atoms with van der Waals surface area (Å²) >= 11 is 0. The van der Waals surface area contributed by atoms with Gasteiger partial charge in [-0.1, -0.05) is 60.7 Å². The fourth-order valence-corrected chi connectivity index (χ4v) is 2.85. The van der Waals surface area contributed by atoms with Crippen molar-refractivity contribution >= 4 is 11.9 Å². The number of hydrogen-bond acceptors (Lipinski definition) is 3. The molecule has 5 heteroatoms. The largest absolute Gasteiger partial charge is 0.328 e. The number of carbonyl (C=O) groups is 2. The topological polar surface area (TPSA) is 64.4 Å². The molecule has 0 aromatic heterocycles. The fraction of sp³-hybridized carbons (Fsp3) is 0.211. The van der Waals surface area contributed by atoms with E-state index in [0.29, 0.717) is 6.54 Å². The Morgan fingerprint density at radius 1 is 0.875 bits per heavy atom. The molecule has 0 N–H and O–H groups in total. The summed E-state index contributed by atoms with van der Waals surface area (Å²) in [5, 5.41) is 9.03. The summed E-state index contributed by atoms with van der Waals surface area (Å²) in [6.07, 6.45) is 0.00268. The van der Waals surface area contributed by atoms with Crippen molar-refractivity contribution < 1.29 is 9.59 Å². The lowest BCUT2D eigenvalue weighted by Gasteiger charge is -2.20. The van der Waals surface area contributed by atoms with E-state index in [-0.39, 0.29) is 24.9 Å². The highest BCUT2D eigenvalue weighted by molar-refractivity contribution is 6.04. The molecule has 1 unspecified atom stereocenters. The zero-order valence-corrected chi connectivity index (χ0v) is 13.1. The number of imide groups is 1. The maximum atomic E-state index is 12.7. The van der Waals surface area contributed by atoms with Crippen molar-refractivity contribution in [3.63, 3.8) is 0 Å². The molecule has 1 saturated heterocycles. The van der Waals surface area contributed by atoms with Gasteiger partial charge in [-0.3, -0.25) is 9.69 Å².